The molecule has 0 spiro atoms. The number of nitrogens with one attached hydrogen (secondary N) is 1. The van der Waals surface area contributed by atoms with E-state index in [2.05, 4.69) is 5.32 Å². The highest BCUT2D eigenvalue weighted by atomic mass is 16.5. The highest BCUT2D eigenvalue weighted by Gasteiger charge is 2.43. The van der Waals surface area contributed by atoms with Gasteiger partial charge in [0, 0.05) is 11.1 Å². The van der Waals surface area contributed by atoms with Crippen LogP contribution in [0.3, 0.4) is 0 Å². The Labute approximate surface area is 112 Å². The first-order chi connectivity index (χ1) is 9.05. The van der Waals surface area contributed by atoms with E-state index in [1.807, 2.05) is 6.92 Å². The number of methoxy groups -OCH3 is 2. The number of carbonyl (C=O) groups is 1. The molecular weight excluding hydrogens is 246 g/mol. The molecule has 1 aromatic rings. The first-order valence-corrected chi connectivity index (χ1v) is 6.21. The van der Waals surface area contributed by atoms with Gasteiger partial charge < -0.3 is 19.9 Å². The molecule has 0 saturated heterocycles. The van der Waals surface area contributed by atoms with E-state index in [0.29, 0.717) is 17.1 Å². The average molecular weight is 265 g/mol. The van der Waals surface area contributed by atoms with E-state index in [-0.39, 0.29) is 12.5 Å². The lowest BCUT2D eigenvalue weighted by atomic mass is 10.1. The fourth-order valence-electron chi connectivity index (χ4n) is 2.00. The molecule has 0 aliphatic heterocycles. The van der Waals surface area contributed by atoms with Crippen molar-refractivity contribution in [1.29, 1.82) is 0 Å². The van der Waals surface area contributed by atoms with Gasteiger partial charge in [-0.05, 0) is 31.9 Å². The molecule has 1 saturated carbocycles. The van der Waals surface area contributed by atoms with E-state index in [1.54, 1.807) is 26.4 Å². The van der Waals surface area contributed by atoms with Crippen molar-refractivity contribution in [2.24, 2.45) is 0 Å². The summed E-state index contributed by atoms with van der Waals surface area (Å²) in [4.78, 5) is 12.2. The summed E-state index contributed by atoms with van der Waals surface area (Å²) < 4.78 is 10.5. The van der Waals surface area contributed by atoms with Crippen LogP contribution in [0.1, 0.15) is 28.8 Å². The normalized spacial score (nSPS) is 15.8. The maximum Gasteiger partial charge on any atom is 0.252 e. The monoisotopic (exact) mass is 265 g/mol. The summed E-state index contributed by atoms with van der Waals surface area (Å²) in [5.41, 5.74) is 0.895. The van der Waals surface area contributed by atoms with Gasteiger partial charge in [0.25, 0.3) is 5.91 Å². The Balaban J connectivity index is 2.26. The molecule has 1 aromatic carbocycles. The number of amides is 1. The fraction of sp³-hybridized carbons (Fsp3) is 0.500. The van der Waals surface area contributed by atoms with Gasteiger partial charge in [0.15, 0.2) is 0 Å². The zero-order chi connectivity index (χ0) is 14.0. The van der Waals surface area contributed by atoms with Crippen LogP contribution >= 0.6 is 0 Å². The molecule has 0 aromatic heterocycles. The van der Waals surface area contributed by atoms with Crippen LogP contribution in [0.5, 0.6) is 11.5 Å². The minimum atomic E-state index is -0.428. The van der Waals surface area contributed by atoms with Crippen LogP contribution in [-0.2, 0) is 0 Å². The molecular formula is C14H19NO4. The van der Waals surface area contributed by atoms with Crippen molar-refractivity contribution in [2.75, 3.05) is 20.8 Å². The quantitative estimate of drug-likeness (QED) is 0.841. The van der Waals surface area contributed by atoms with Gasteiger partial charge in [0.05, 0.1) is 26.4 Å². The maximum atomic E-state index is 12.2. The maximum absolute atomic E-state index is 12.2. The van der Waals surface area contributed by atoms with Gasteiger partial charge in [0.2, 0.25) is 0 Å². The number of hydrogen-bond acceptors (Lipinski definition) is 4. The third-order valence-corrected chi connectivity index (χ3v) is 3.55. The number of benzene rings is 1. The summed E-state index contributed by atoms with van der Waals surface area (Å²) in [6.07, 6.45) is 1.63. The van der Waals surface area contributed by atoms with Crippen molar-refractivity contribution >= 4 is 5.91 Å². The van der Waals surface area contributed by atoms with Crippen LogP contribution in [0.2, 0.25) is 0 Å². The molecule has 1 fully saturated rings. The van der Waals surface area contributed by atoms with E-state index in [4.69, 9.17) is 9.47 Å². The van der Waals surface area contributed by atoms with E-state index < -0.39 is 5.54 Å². The molecule has 1 aliphatic rings. The molecule has 0 heterocycles. The summed E-state index contributed by atoms with van der Waals surface area (Å²) in [7, 11) is 3.11. The summed E-state index contributed by atoms with van der Waals surface area (Å²) >= 11 is 0. The largest absolute Gasteiger partial charge is 0.496 e. The van der Waals surface area contributed by atoms with Gasteiger partial charge in [-0.1, -0.05) is 0 Å². The topological polar surface area (TPSA) is 67.8 Å². The van der Waals surface area contributed by atoms with E-state index in [1.165, 1.54) is 0 Å². The molecule has 1 aliphatic carbocycles. The zero-order valence-electron chi connectivity index (χ0n) is 11.4. The molecule has 19 heavy (non-hydrogen) atoms. The van der Waals surface area contributed by atoms with Crippen LogP contribution in [0.15, 0.2) is 12.1 Å². The van der Waals surface area contributed by atoms with Crippen molar-refractivity contribution in [3.8, 4) is 11.5 Å². The summed E-state index contributed by atoms with van der Waals surface area (Å²) in [6.45, 7) is 1.84. The highest BCUT2D eigenvalue weighted by molar-refractivity contribution is 5.96. The van der Waals surface area contributed by atoms with Crippen molar-refractivity contribution in [3.63, 3.8) is 0 Å². The van der Waals surface area contributed by atoms with E-state index in [0.717, 1.165) is 18.4 Å². The van der Waals surface area contributed by atoms with Gasteiger partial charge in [-0.15, -0.1) is 0 Å². The second-order valence-corrected chi connectivity index (χ2v) is 4.90. The summed E-state index contributed by atoms with van der Waals surface area (Å²) in [5, 5.41) is 12.1. The van der Waals surface area contributed by atoms with E-state index >= 15 is 0 Å². The molecule has 0 atom stereocenters. The Bertz CT molecular complexity index is 469. The number of aliphatic hydroxyl groups is 1. The number of rotatable bonds is 5. The minimum absolute atomic E-state index is 0.0289. The Kier molecular flexibility index (Phi) is 3.66. The Morgan fingerprint density at radius 2 is 1.84 bits per heavy atom. The van der Waals surface area contributed by atoms with Gasteiger partial charge in [-0.25, -0.2) is 0 Å². The predicted octanol–water partition coefficient (Wildman–Crippen LogP) is 1.27. The Hall–Kier alpha value is -1.75. The second kappa shape index (κ2) is 5.09. The molecule has 5 nitrogen and oxygen atoms in total. The molecule has 1 amide bonds. The lowest BCUT2D eigenvalue weighted by Gasteiger charge is -2.16. The summed E-state index contributed by atoms with van der Waals surface area (Å²) in [5.74, 6) is 1.000. The van der Waals surface area contributed by atoms with Gasteiger partial charge in [-0.2, -0.15) is 0 Å². The number of ether oxygens (including phenoxy) is 2. The van der Waals surface area contributed by atoms with Gasteiger partial charge in [0.1, 0.15) is 11.5 Å². The van der Waals surface area contributed by atoms with Crippen molar-refractivity contribution in [1.82, 2.24) is 5.32 Å². The number of aliphatic hydroxyl groups excluding tert-OH is 1. The Morgan fingerprint density at radius 3 is 2.21 bits per heavy atom. The second-order valence-electron chi connectivity index (χ2n) is 4.90. The van der Waals surface area contributed by atoms with Crippen LogP contribution in [0, 0.1) is 6.92 Å². The predicted molar refractivity (Wildman–Crippen MR) is 70.8 cm³/mol. The zero-order valence-corrected chi connectivity index (χ0v) is 11.4. The van der Waals surface area contributed by atoms with Crippen molar-refractivity contribution in [3.05, 3.63) is 23.3 Å². The molecule has 0 radical (unpaired) electrons. The molecule has 2 N–H and O–H groups in total. The Morgan fingerprint density at radius 1 is 1.32 bits per heavy atom. The van der Waals surface area contributed by atoms with Crippen molar-refractivity contribution in [2.45, 2.75) is 25.3 Å². The fourth-order valence-corrected chi connectivity index (χ4v) is 2.00. The molecule has 0 bridgehead atoms. The lowest BCUT2D eigenvalue weighted by molar-refractivity contribution is 0.0906. The highest BCUT2D eigenvalue weighted by Crippen LogP contribution is 2.35. The van der Waals surface area contributed by atoms with Crippen LogP contribution in [0.4, 0.5) is 0 Å². The molecule has 0 unspecified atom stereocenters. The summed E-state index contributed by atoms with van der Waals surface area (Å²) in [6, 6.07) is 3.36. The average Bonchev–Trinajstić information content (AvgIpc) is 3.19. The van der Waals surface area contributed by atoms with Crippen molar-refractivity contribution < 1.29 is 19.4 Å². The van der Waals surface area contributed by atoms with E-state index in [9.17, 15) is 9.90 Å². The third-order valence-electron chi connectivity index (χ3n) is 3.55. The van der Waals surface area contributed by atoms with Crippen LogP contribution < -0.4 is 14.8 Å². The first-order valence-electron chi connectivity index (χ1n) is 6.21. The minimum Gasteiger partial charge on any atom is -0.496 e. The lowest BCUT2D eigenvalue weighted by Crippen LogP contribution is -2.39. The molecule has 2 rings (SSSR count). The van der Waals surface area contributed by atoms with Gasteiger partial charge >= 0.3 is 0 Å². The number of carbonyl (C=O) groups excluding carboxylic acids is 1. The van der Waals surface area contributed by atoms with Crippen LogP contribution in [0.25, 0.3) is 0 Å². The standard InChI is InChI=1S/C14H19NO4/c1-9-11(18-2)6-10(7-12(9)19-3)13(17)15-14(8-16)4-5-14/h6-7,16H,4-5,8H2,1-3H3,(H,15,17). The SMILES string of the molecule is COc1cc(C(=O)NC2(CO)CC2)cc(OC)c1C. The van der Waals surface area contributed by atoms with Gasteiger partial charge in [-0.3, -0.25) is 4.79 Å². The molecule has 5 heteroatoms. The van der Waals surface area contributed by atoms with Crippen LogP contribution in [-0.4, -0.2) is 37.4 Å². The number of hydrogen-bond donors (Lipinski definition) is 2. The third kappa shape index (κ3) is 2.66. The first kappa shape index (κ1) is 13.7. The smallest absolute Gasteiger partial charge is 0.252 e. The molecule has 104 valence electrons.